The van der Waals surface area contributed by atoms with Gasteiger partial charge in [-0.1, -0.05) is 34.8 Å². The number of piperidine rings is 1. The van der Waals surface area contributed by atoms with Gasteiger partial charge in [-0.25, -0.2) is 14.5 Å². The van der Waals surface area contributed by atoms with Crippen LogP contribution in [0.15, 0.2) is 0 Å². The summed E-state index contributed by atoms with van der Waals surface area (Å²) < 4.78 is 8.26. The van der Waals surface area contributed by atoms with Crippen LogP contribution in [0.1, 0.15) is 40.0 Å². The third-order valence-electron chi connectivity index (χ3n) is 2.69. The van der Waals surface area contributed by atoms with E-state index in [9.17, 15) is 14.4 Å². The molecule has 0 saturated carbocycles. The van der Waals surface area contributed by atoms with Crippen molar-refractivity contribution in [1.82, 2.24) is 4.90 Å². The molecule has 1 saturated heterocycles. The third kappa shape index (κ3) is 6.18. The molecule has 2 amide bonds. The second-order valence-corrected chi connectivity index (χ2v) is 8.39. The summed E-state index contributed by atoms with van der Waals surface area (Å²) >= 11 is 16.5. The number of ether oxygens (including phenoxy) is 2. The van der Waals surface area contributed by atoms with Gasteiger partial charge in [-0.05, 0) is 33.6 Å². The van der Waals surface area contributed by atoms with Crippen LogP contribution in [-0.4, -0.2) is 44.9 Å². The summed E-state index contributed by atoms with van der Waals surface area (Å²) in [6, 6.07) is -1.07. The molecular weight excluding hydrogens is 357 g/mol. The van der Waals surface area contributed by atoms with Crippen LogP contribution in [0.4, 0.5) is 4.79 Å². The Morgan fingerprint density at radius 3 is 2.36 bits per heavy atom. The molecule has 1 heterocycles. The molecule has 0 aromatic heterocycles. The maximum absolute atomic E-state index is 12.1. The molecule has 0 aromatic carbocycles. The van der Waals surface area contributed by atoms with Gasteiger partial charge in [0.25, 0.3) is 0 Å². The number of hydrogen-bond donors (Lipinski definition) is 0. The molecule has 0 N–H and O–H groups in total. The third-order valence-corrected chi connectivity index (χ3v) is 3.02. The second-order valence-electron chi connectivity index (χ2n) is 5.87. The fourth-order valence-electron chi connectivity index (χ4n) is 1.88. The van der Waals surface area contributed by atoms with Gasteiger partial charge < -0.3 is 9.47 Å². The van der Waals surface area contributed by atoms with E-state index in [1.165, 1.54) is 0 Å². The van der Waals surface area contributed by atoms with Crippen LogP contribution in [0.25, 0.3) is 0 Å². The van der Waals surface area contributed by atoms with Crippen molar-refractivity contribution in [2.45, 2.75) is 55.5 Å². The Kier molecular flexibility index (Phi) is 6.36. The van der Waals surface area contributed by atoms with Gasteiger partial charge in [-0.15, -0.1) is 0 Å². The van der Waals surface area contributed by atoms with Gasteiger partial charge in [0.2, 0.25) is 9.70 Å². The van der Waals surface area contributed by atoms with Crippen LogP contribution in [0.2, 0.25) is 0 Å². The van der Waals surface area contributed by atoms with Crippen molar-refractivity contribution < 1.29 is 23.9 Å². The van der Waals surface area contributed by atoms with E-state index in [1.54, 1.807) is 20.8 Å². The molecule has 1 atom stereocenters. The van der Waals surface area contributed by atoms with E-state index in [2.05, 4.69) is 0 Å². The molecule has 0 unspecified atom stereocenters. The van der Waals surface area contributed by atoms with Crippen molar-refractivity contribution in [3.05, 3.63) is 0 Å². The van der Waals surface area contributed by atoms with E-state index < -0.39 is 40.0 Å². The first-order valence-corrected chi connectivity index (χ1v) is 7.82. The quantitative estimate of drug-likeness (QED) is 0.548. The van der Waals surface area contributed by atoms with E-state index >= 15 is 0 Å². The first-order valence-electron chi connectivity index (χ1n) is 6.69. The number of nitrogens with zero attached hydrogens (tertiary/aromatic N) is 1. The highest BCUT2D eigenvalue weighted by molar-refractivity contribution is 6.67. The molecule has 0 bridgehead atoms. The summed E-state index contributed by atoms with van der Waals surface area (Å²) in [5.41, 5.74) is -0.791. The number of esters is 1. The van der Waals surface area contributed by atoms with Crippen molar-refractivity contribution in [2.24, 2.45) is 0 Å². The minimum absolute atomic E-state index is 0.160. The van der Waals surface area contributed by atoms with Gasteiger partial charge in [0, 0.05) is 6.42 Å². The Morgan fingerprint density at radius 1 is 1.27 bits per heavy atom. The topological polar surface area (TPSA) is 72.9 Å². The standard InChI is InChI=1S/C13H18Cl3NO5/c1-12(2,3)22-11(20)17-8(5-4-6-9(17)18)10(19)21-7-13(14,15)16/h8H,4-7H2,1-3H3/t8-/m0/s1. The van der Waals surface area contributed by atoms with Gasteiger partial charge in [-0.2, -0.15) is 0 Å². The van der Waals surface area contributed by atoms with Gasteiger partial charge >= 0.3 is 12.1 Å². The second kappa shape index (κ2) is 7.23. The van der Waals surface area contributed by atoms with Crippen molar-refractivity contribution in [1.29, 1.82) is 0 Å². The number of halogens is 3. The summed E-state index contributed by atoms with van der Waals surface area (Å²) in [5, 5.41) is 0. The van der Waals surface area contributed by atoms with E-state index in [1.807, 2.05) is 0 Å². The molecule has 1 fully saturated rings. The predicted octanol–water partition coefficient (Wildman–Crippen LogP) is 3.22. The van der Waals surface area contributed by atoms with Crippen LogP contribution in [0, 0.1) is 0 Å². The van der Waals surface area contributed by atoms with Gasteiger partial charge in [0.1, 0.15) is 18.2 Å². The summed E-state index contributed by atoms with van der Waals surface area (Å²) in [4.78, 5) is 37.0. The first kappa shape index (κ1) is 19.3. The number of rotatable bonds is 2. The number of carbonyl (C=O) groups excluding carboxylic acids is 3. The molecule has 1 rings (SSSR count). The van der Waals surface area contributed by atoms with E-state index in [0.29, 0.717) is 6.42 Å². The molecule has 0 spiro atoms. The zero-order valence-corrected chi connectivity index (χ0v) is 14.8. The molecule has 0 radical (unpaired) electrons. The molecule has 0 aliphatic carbocycles. The number of carbonyl (C=O) groups is 3. The zero-order chi connectivity index (χ0) is 17.1. The minimum Gasteiger partial charge on any atom is -0.460 e. The Balaban J connectivity index is 2.83. The van der Waals surface area contributed by atoms with E-state index in [0.717, 1.165) is 4.90 Å². The van der Waals surface area contributed by atoms with E-state index in [-0.39, 0.29) is 12.8 Å². The predicted molar refractivity (Wildman–Crippen MR) is 82.0 cm³/mol. The largest absolute Gasteiger partial charge is 0.460 e. The number of alkyl halides is 3. The van der Waals surface area contributed by atoms with Gasteiger partial charge in [-0.3, -0.25) is 4.79 Å². The Hall–Kier alpha value is -0.720. The fourth-order valence-corrected chi connectivity index (χ4v) is 2.05. The monoisotopic (exact) mass is 373 g/mol. The van der Waals surface area contributed by atoms with Crippen LogP contribution in [0.5, 0.6) is 0 Å². The molecule has 1 aliphatic rings. The molecule has 0 aromatic rings. The number of imide groups is 1. The zero-order valence-electron chi connectivity index (χ0n) is 12.5. The first-order chi connectivity index (χ1) is 9.91. The molecular formula is C13H18Cl3NO5. The summed E-state index contributed by atoms with van der Waals surface area (Å²) in [7, 11) is 0. The van der Waals surface area contributed by atoms with E-state index in [4.69, 9.17) is 44.3 Å². The Labute approximate surface area is 143 Å². The smallest absolute Gasteiger partial charge is 0.417 e. The molecule has 9 heteroatoms. The lowest BCUT2D eigenvalue weighted by Gasteiger charge is -2.33. The molecule has 126 valence electrons. The average molecular weight is 375 g/mol. The van der Waals surface area contributed by atoms with Crippen LogP contribution < -0.4 is 0 Å². The van der Waals surface area contributed by atoms with Crippen LogP contribution in [0.3, 0.4) is 0 Å². The summed E-state index contributed by atoms with van der Waals surface area (Å²) in [6.07, 6.45) is 0.0241. The molecule has 1 aliphatic heterocycles. The highest BCUT2D eigenvalue weighted by atomic mass is 35.6. The van der Waals surface area contributed by atoms with Crippen molar-refractivity contribution in [3.8, 4) is 0 Å². The fraction of sp³-hybridized carbons (Fsp3) is 0.769. The maximum atomic E-state index is 12.1. The number of hydrogen-bond acceptors (Lipinski definition) is 5. The van der Waals surface area contributed by atoms with Crippen molar-refractivity contribution >= 4 is 52.8 Å². The SMILES string of the molecule is CC(C)(C)OC(=O)N1C(=O)CCC[C@H]1C(=O)OCC(Cl)(Cl)Cl. The Bertz CT molecular complexity index is 456. The lowest BCUT2D eigenvalue weighted by atomic mass is 10.0. The van der Waals surface area contributed by atoms with Crippen molar-refractivity contribution in [2.75, 3.05) is 6.61 Å². The minimum atomic E-state index is -1.76. The van der Waals surface area contributed by atoms with Gasteiger partial charge in [0.05, 0.1) is 0 Å². The average Bonchev–Trinajstić information content (AvgIpc) is 2.32. The maximum Gasteiger partial charge on any atom is 0.417 e. The van der Waals surface area contributed by atoms with Gasteiger partial charge in [0.15, 0.2) is 0 Å². The lowest BCUT2D eigenvalue weighted by Crippen LogP contribution is -2.53. The molecule has 22 heavy (non-hydrogen) atoms. The van der Waals surface area contributed by atoms with Crippen LogP contribution in [-0.2, 0) is 19.1 Å². The number of likely N-dealkylation sites (tertiary alicyclic amines) is 1. The molecule has 6 nitrogen and oxygen atoms in total. The summed E-state index contributed by atoms with van der Waals surface area (Å²) in [5.74, 6) is -1.29. The summed E-state index contributed by atoms with van der Waals surface area (Å²) in [6.45, 7) is 4.52. The Morgan fingerprint density at radius 2 is 1.86 bits per heavy atom. The highest BCUT2D eigenvalue weighted by Gasteiger charge is 2.41. The lowest BCUT2D eigenvalue weighted by molar-refractivity contribution is -0.156. The highest BCUT2D eigenvalue weighted by Crippen LogP contribution is 2.27. The number of amides is 2. The van der Waals surface area contributed by atoms with Crippen LogP contribution >= 0.6 is 34.8 Å². The normalized spacial score (nSPS) is 19.8. The van der Waals surface area contributed by atoms with Crippen molar-refractivity contribution in [3.63, 3.8) is 0 Å².